The maximum atomic E-state index is 13.3. The highest BCUT2D eigenvalue weighted by molar-refractivity contribution is 7.18. The van der Waals surface area contributed by atoms with Crippen molar-refractivity contribution in [2.24, 2.45) is 0 Å². The number of thiophene rings is 1. The number of hydrogen-bond donors (Lipinski definition) is 0. The molecular weight excluding hydrogens is 323 g/mol. The van der Waals surface area contributed by atoms with Crippen LogP contribution < -0.4 is 4.90 Å². The number of anilines is 1. The lowest BCUT2D eigenvalue weighted by Gasteiger charge is -2.35. The van der Waals surface area contributed by atoms with Crippen molar-refractivity contribution in [3.8, 4) is 0 Å². The SMILES string of the molecule is Cc1cc2c(N3CCN(Cc4cccc(F)c4)CC3)ncnc2s1. The smallest absolute Gasteiger partial charge is 0.140 e. The number of rotatable bonds is 3. The van der Waals surface area contributed by atoms with Gasteiger partial charge in [-0.1, -0.05) is 12.1 Å². The molecule has 1 fully saturated rings. The highest BCUT2D eigenvalue weighted by atomic mass is 32.1. The lowest BCUT2D eigenvalue weighted by Crippen LogP contribution is -2.46. The van der Waals surface area contributed by atoms with E-state index in [1.54, 1.807) is 29.8 Å². The van der Waals surface area contributed by atoms with E-state index < -0.39 is 0 Å². The van der Waals surface area contributed by atoms with Gasteiger partial charge in [0.15, 0.2) is 0 Å². The Kier molecular flexibility index (Phi) is 4.16. The fourth-order valence-corrected chi connectivity index (χ4v) is 4.07. The van der Waals surface area contributed by atoms with Crippen molar-refractivity contribution in [2.45, 2.75) is 13.5 Å². The molecule has 0 unspecified atom stereocenters. The molecule has 1 saturated heterocycles. The molecule has 0 spiro atoms. The Morgan fingerprint density at radius 1 is 1.12 bits per heavy atom. The van der Waals surface area contributed by atoms with E-state index in [9.17, 15) is 4.39 Å². The van der Waals surface area contributed by atoms with Crippen molar-refractivity contribution < 1.29 is 4.39 Å². The standard InChI is InChI=1S/C18H19FN4S/c1-13-9-16-17(20-12-21-18(16)24-13)23-7-5-22(6-8-23)11-14-3-2-4-15(19)10-14/h2-4,9-10,12H,5-8,11H2,1H3. The maximum Gasteiger partial charge on any atom is 0.140 e. The molecule has 1 aromatic carbocycles. The van der Waals surface area contributed by atoms with Gasteiger partial charge >= 0.3 is 0 Å². The van der Waals surface area contributed by atoms with Gasteiger partial charge in [-0.3, -0.25) is 4.90 Å². The van der Waals surface area contributed by atoms with Gasteiger partial charge in [-0.2, -0.15) is 0 Å². The van der Waals surface area contributed by atoms with Crippen LogP contribution in [-0.2, 0) is 6.54 Å². The number of benzene rings is 1. The molecule has 0 aliphatic carbocycles. The molecule has 0 amide bonds. The fraction of sp³-hybridized carbons (Fsp3) is 0.333. The number of hydrogen-bond acceptors (Lipinski definition) is 5. The molecule has 1 aliphatic heterocycles. The summed E-state index contributed by atoms with van der Waals surface area (Å²) in [5.41, 5.74) is 1.03. The highest BCUT2D eigenvalue weighted by Gasteiger charge is 2.20. The summed E-state index contributed by atoms with van der Waals surface area (Å²) in [5.74, 6) is 0.872. The van der Waals surface area contributed by atoms with Gasteiger partial charge in [0.1, 0.15) is 22.8 Å². The van der Waals surface area contributed by atoms with Gasteiger partial charge in [-0.05, 0) is 30.7 Å². The average molecular weight is 342 g/mol. The zero-order valence-electron chi connectivity index (χ0n) is 13.6. The van der Waals surface area contributed by atoms with E-state index in [0.29, 0.717) is 0 Å². The summed E-state index contributed by atoms with van der Waals surface area (Å²) in [6.45, 7) is 6.65. The van der Waals surface area contributed by atoms with E-state index in [1.165, 1.54) is 10.9 Å². The molecule has 3 aromatic rings. The van der Waals surface area contributed by atoms with Gasteiger partial charge in [-0.15, -0.1) is 11.3 Å². The topological polar surface area (TPSA) is 32.3 Å². The lowest BCUT2D eigenvalue weighted by atomic mass is 10.2. The van der Waals surface area contributed by atoms with Crippen molar-refractivity contribution in [3.63, 3.8) is 0 Å². The molecule has 4 nitrogen and oxygen atoms in total. The van der Waals surface area contributed by atoms with E-state index in [-0.39, 0.29) is 5.82 Å². The Labute approximate surface area is 144 Å². The molecule has 0 atom stereocenters. The summed E-state index contributed by atoms with van der Waals surface area (Å²) in [4.78, 5) is 15.9. The highest BCUT2D eigenvalue weighted by Crippen LogP contribution is 2.30. The molecule has 0 radical (unpaired) electrons. The van der Waals surface area contributed by atoms with E-state index in [0.717, 1.165) is 54.3 Å². The number of nitrogens with zero attached hydrogens (tertiary/aromatic N) is 4. The van der Waals surface area contributed by atoms with Crippen LogP contribution in [0.1, 0.15) is 10.4 Å². The Hall–Kier alpha value is -2.05. The van der Waals surface area contributed by atoms with Crippen molar-refractivity contribution in [1.29, 1.82) is 0 Å². The predicted octanol–water partition coefficient (Wildman–Crippen LogP) is 3.46. The van der Waals surface area contributed by atoms with E-state index in [2.05, 4.69) is 32.8 Å². The monoisotopic (exact) mass is 342 g/mol. The van der Waals surface area contributed by atoms with Crippen LogP contribution in [0.15, 0.2) is 36.7 Å². The van der Waals surface area contributed by atoms with Crippen LogP contribution in [-0.4, -0.2) is 41.0 Å². The van der Waals surface area contributed by atoms with Crippen molar-refractivity contribution in [2.75, 3.05) is 31.1 Å². The third kappa shape index (κ3) is 3.12. The predicted molar refractivity (Wildman–Crippen MR) is 96.0 cm³/mol. The van der Waals surface area contributed by atoms with E-state index >= 15 is 0 Å². The van der Waals surface area contributed by atoms with Crippen LogP contribution in [0.5, 0.6) is 0 Å². The minimum absolute atomic E-state index is 0.164. The zero-order chi connectivity index (χ0) is 16.5. The summed E-state index contributed by atoms with van der Waals surface area (Å²) in [5, 5.41) is 1.15. The van der Waals surface area contributed by atoms with Crippen LogP contribution in [0, 0.1) is 12.7 Å². The molecule has 1 aliphatic rings. The number of fused-ring (bicyclic) bond motifs is 1. The molecule has 0 bridgehead atoms. The van der Waals surface area contributed by atoms with Crippen LogP contribution in [0.4, 0.5) is 10.2 Å². The lowest BCUT2D eigenvalue weighted by molar-refractivity contribution is 0.249. The molecule has 0 N–H and O–H groups in total. The number of halogens is 1. The number of piperazine rings is 1. The average Bonchev–Trinajstić information content (AvgIpc) is 2.96. The molecule has 3 heterocycles. The molecule has 4 rings (SSSR count). The summed E-state index contributed by atoms with van der Waals surface area (Å²) in [6, 6.07) is 9.04. The van der Waals surface area contributed by atoms with E-state index in [1.807, 2.05) is 6.07 Å². The third-order valence-electron chi connectivity index (χ3n) is 4.40. The minimum atomic E-state index is -0.164. The number of aromatic nitrogens is 2. The summed E-state index contributed by atoms with van der Waals surface area (Å²) in [6.07, 6.45) is 1.66. The quantitative estimate of drug-likeness (QED) is 0.730. The van der Waals surface area contributed by atoms with E-state index in [4.69, 9.17) is 0 Å². The first-order valence-electron chi connectivity index (χ1n) is 8.12. The van der Waals surface area contributed by atoms with Crippen molar-refractivity contribution >= 4 is 27.4 Å². The largest absolute Gasteiger partial charge is 0.353 e. The molecule has 6 heteroatoms. The second-order valence-corrected chi connectivity index (χ2v) is 7.40. The van der Waals surface area contributed by atoms with Crippen LogP contribution in [0.25, 0.3) is 10.2 Å². The van der Waals surface area contributed by atoms with Gasteiger partial charge in [0.05, 0.1) is 5.39 Å². The van der Waals surface area contributed by atoms with Gasteiger partial charge in [0.25, 0.3) is 0 Å². The molecule has 0 saturated carbocycles. The van der Waals surface area contributed by atoms with Crippen LogP contribution >= 0.6 is 11.3 Å². The van der Waals surface area contributed by atoms with Gasteiger partial charge in [0.2, 0.25) is 0 Å². The Balaban J connectivity index is 1.45. The number of aryl methyl sites for hydroxylation is 1. The summed E-state index contributed by atoms with van der Waals surface area (Å²) in [7, 11) is 0. The Morgan fingerprint density at radius 3 is 2.75 bits per heavy atom. The minimum Gasteiger partial charge on any atom is -0.353 e. The first kappa shape index (κ1) is 15.5. The summed E-state index contributed by atoms with van der Waals surface area (Å²) >= 11 is 1.71. The fourth-order valence-electron chi connectivity index (χ4n) is 3.23. The van der Waals surface area contributed by atoms with Gasteiger partial charge in [0, 0.05) is 37.6 Å². The second kappa shape index (κ2) is 6.45. The van der Waals surface area contributed by atoms with Gasteiger partial charge in [-0.25, -0.2) is 14.4 Å². The molecular formula is C18H19FN4S. The first-order valence-corrected chi connectivity index (χ1v) is 8.93. The second-order valence-electron chi connectivity index (χ2n) is 6.17. The van der Waals surface area contributed by atoms with Crippen molar-refractivity contribution in [3.05, 3.63) is 52.9 Å². The zero-order valence-corrected chi connectivity index (χ0v) is 14.4. The first-order chi connectivity index (χ1) is 11.7. The van der Waals surface area contributed by atoms with Crippen molar-refractivity contribution in [1.82, 2.24) is 14.9 Å². The van der Waals surface area contributed by atoms with Crippen LogP contribution in [0.3, 0.4) is 0 Å². The molecule has 2 aromatic heterocycles. The summed E-state index contributed by atoms with van der Waals surface area (Å²) < 4.78 is 13.3. The molecule has 24 heavy (non-hydrogen) atoms. The normalized spacial score (nSPS) is 16.0. The Bertz CT molecular complexity index is 855. The Morgan fingerprint density at radius 2 is 1.96 bits per heavy atom. The molecule has 124 valence electrons. The third-order valence-corrected chi connectivity index (χ3v) is 5.36. The van der Waals surface area contributed by atoms with Gasteiger partial charge < -0.3 is 4.90 Å². The van der Waals surface area contributed by atoms with Crippen LogP contribution in [0.2, 0.25) is 0 Å². The maximum absolute atomic E-state index is 13.3.